The molecule has 0 heterocycles. The van der Waals surface area contributed by atoms with E-state index in [0.29, 0.717) is 0 Å². The van der Waals surface area contributed by atoms with Gasteiger partial charge in [-0.1, -0.05) is 151 Å². The SMILES string of the molecule is CC(C)(C)c1ccc2c(c1)C(=O)c1cc(C(C)(C)C)cc(Br)c1-2.CC(C)(C)c1ccc2c(c1)Cc1cc(C(C)(C)C)cc(Br)c1-2. The van der Waals surface area contributed by atoms with Crippen LogP contribution in [0.3, 0.4) is 0 Å². The van der Waals surface area contributed by atoms with E-state index < -0.39 is 0 Å². The van der Waals surface area contributed by atoms with Crippen LogP contribution in [0, 0.1) is 0 Å². The Balaban J connectivity index is 0.000000178. The maximum Gasteiger partial charge on any atom is 0.194 e. The van der Waals surface area contributed by atoms with Crippen LogP contribution >= 0.6 is 31.9 Å². The van der Waals surface area contributed by atoms with Gasteiger partial charge in [-0.15, -0.1) is 0 Å². The highest BCUT2D eigenvalue weighted by atomic mass is 79.9. The average molecular weight is 729 g/mol. The molecule has 4 aromatic carbocycles. The minimum Gasteiger partial charge on any atom is -0.289 e. The Morgan fingerprint density at radius 3 is 1.40 bits per heavy atom. The summed E-state index contributed by atoms with van der Waals surface area (Å²) in [4.78, 5) is 13.0. The van der Waals surface area contributed by atoms with Crippen LogP contribution in [-0.2, 0) is 28.1 Å². The Hall–Kier alpha value is -2.49. The molecule has 0 saturated heterocycles. The molecule has 6 rings (SSSR count). The van der Waals surface area contributed by atoms with E-state index in [2.05, 4.69) is 176 Å². The first kappa shape index (κ1) is 33.9. The van der Waals surface area contributed by atoms with Crippen LogP contribution in [0.15, 0.2) is 69.6 Å². The van der Waals surface area contributed by atoms with E-state index in [1.54, 1.807) is 0 Å². The minimum absolute atomic E-state index is 0.0170. The normalized spacial score (nSPS) is 14.0. The van der Waals surface area contributed by atoms with Gasteiger partial charge in [-0.2, -0.15) is 0 Å². The second-order valence-corrected chi connectivity index (χ2v) is 18.7. The van der Waals surface area contributed by atoms with E-state index in [-0.39, 0.29) is 27.4 Å². The number of halogens is 2. The molecule has 0 atom stereocenters. The molecule has 2 aliphatic carbocycles. The number of hydrogen-bond acceptors (Lipinski definition) is 1. The first-order chi connectivity index (χ1) is 20.6. The first-order valence-electron chi connectivity index (χ1n) is 16.1. The summed E-state index contributed by atoms with van der Waals surface area (Å²) in [6.45, 7) is 26.7. The molecule has 2 aliphatic rings. The zero-order valence-corrected chi connectivity index (χ0v) is 32.3. The Bertz CT molecular complexity index is 1830. The van der Waals surface area contributed by atoms with Gasteiger partial charge in [-0.25, -0.2) is 0 Å². The van der Waals surface area contributed by atoms with Crippen LogP contribution in [0.4, 0.5) is 0 Å². The zero-order valence-electron chi connectivity index (χ0n) is 29.1. The van der Waals surface area contributed by atoms with Gasteiger partial charge < -0.3 is 0 Å². The van der Waals surface area contributed by atoms with Crippen molar-refractivity contribution in [3.05, 3.63) is 114 Å². The maximum atomic E-state index is 13.0. The Kier molecular flexibility index (Phi) is 8.53. The van der Waals surface area contributed by atoms with E-state index in [4.69, 9.17) is 0 Å². The molecular weight excluding hydrogens is 680 g/mol. The van der Waals surface area contributed by atoms with E-state index in [9.17, 15) is 4.79 Å². The zero-order chi connectivity index (χ0) is 33.4. The van der Waals surface area contributed by atoms with Gasteiger partial charge in [-0.3, -0.25) is 4.79 Å². The second-order valence-electron chi connectivity index (χ2n) is 17.0. The van der Waals surface area contributed by atoms with Gasteiger partial charge in [0.15, 0.2) is 5.78 Å². The van der Waals surface area contributed by atoms with Crippen LogP contribution in [0.5, 0.6) is 0 Å². The summed E-state index contributed by atoms with van der Waals surface area (Å²) in [5.74, 6) is 0.146. The summed E-state index contributed by atoms with van der Waals surface area (Å²) in [6.07, 6.45) is 1.05. The number of ketones is 1. The molecule has 4 aromatic rings. The molecular formula is C42H48Br2O. The summed E-state index contributed by atoms with van der Waals surface area (Å²) in [6, 6.07) is 22.2. The van der Waals surface area contributed by atoms with Gasteiger partial charge in [0, 0.05) is 25.6 Å². The lowest BCUT2D eigenvalue weighted by molar-refractivity contribution is 0.104. The van der Waals surface area contributed by atoms with Gasteiger partial charge in [0.1, 0.15) is 0 Å². The highest BCUT2D eigenvalue weighted by molar-refractivity contribution is 9.11. The number of hydrogen-bond donors (Lipinski definition) is 0. The number of fused-ring (bicyclic) bond motifs is 6. The largest absolute Gasteiger partial charge is 0.289 e. The highest BCUT2D eigenvalue weighted by Crippen LogP contribution is 2.46. The quantitative estimate of drug-likeness (QED) is 0.152. The number of carbonyl (C=O) groups is 1. The van der Waals surface area contributed by atoms with Crippen molar-refractivity contribution in [2.24, 2.45) is 0 Å². The van der Waals surface area contributed by atoms with E-state index in [1.165, 1.54) is 49.0 Å². The Labute approximate surface area is 288 Å². The summed E-state index contributed by atoms with van der Waals surface area (Å²) in [5.41, 5.74) is 15.1. The van der Waals surface area contributed by atoms with Crippen molar-refractivity contribution in [2.45, 2.75) is 111 Å². The molecule has 0 spiro atoms. The van der Waals surface area contributed by atoms with Crippen molar-refractivity contribution < 1.29 is 4.79 Å². The summed E-state index contributed by atoms with van der Waals surface area (Å²) in [5, 5.41) is 0. The molecule has 0 N–H and O–H groups in total. The first-order valence-corrected chi connectivity index (χ1v) is 17.7. The molecule has 3 heteroatoms. The van der Waals surface area contributed by atoms with E-state index >= 15 is 0 Å². The topological polar surface area (TPSA) is 17.1 Å². The number of carbonyl (C=O) groups excluding carboxylic acids is 1. The second kappa shape index (κ2) is 11.3. The Morgan fingerprint density at radius 1 is 0.444 bits per heavy atom. The standard InChI is InChI=1S/C21H23BrO.C21H25Br/c1-20(2,3)12-7-8-14-15(9-12)19(23)16-10-13(21(4,5)6)11-17(22)18(14)16;1-20(2,3)15-7-8-17-13(10-15)9-14-11-16(21(4,5)6)12-18(22)19(14)17/h7-11H,1-6H3;7-8,10-12H,9H2,1-6H3. The molecule has 0 unspecified atom stereocenters. The summed E-state index contributed by atoms with van der Waals surface area (Å²) < 4.78 is 2.24. The lowest BCUT2D eigenvalue weighted by Gasteiger charge is -2.21. The fourth-order valence-electron chi connectivity index (χ4n) is 6.25. The summed E-state index contributed by atoms with van der Waals surface area (Å²) in [7, 11) is 0. The fourth-order valence-corrected chi connectivity index (χ4v) is 7.64. The van der Waals surface area contributed by atoms with E-state index in [0.717, 1.165) is 33.1 Å². The lowest BCUT2D eigenvalue weighted by Crippen LogP contribution is -2.12. The van der Waals surface area contributed by atoms with Crippen molar-refractivity contribution in [1.82, 2.24) is 0 Å². The maximum absolute atomic E-state index is 13.0. The van der Waals surface area contributed by atoms with Gasteiger partial charge in [-0.05, 0) is 102 Å². The molecule has 236 valence electrons. The van der Waals surface area contributed by atoms with Crippen LogP contribution in [0.25, 0.3) is 22.3 Å². The van der Waals surface area contributed by atoms with Crippen molar-refractivity contribution in [3.63, 3.8) is 0 Å². The predicted molar refractivity (Wildman–Crippen MR) is 200 cm³/mol. The van der Waals surface area contributed by atoms with Gasteiger partial charge in [0.05, 0.1) is 0 Å². The average Bonchev–Trinajstić information content (AvgIpc) is 3.42. The molecule has 45 heavy (non-hydrogen) atoms. The third-order valence-corrected chi connectivity index (χ3v) is 10.5. The lowest BCUT2D eigenvalue weighted by atomic mass is 9.85. The minimum atomic E-state index is 0.0170. The highest BCUT2D eigenvalue weighted by Gasteiger charge is 2.32. The number of rotatable bonds is 0. The van der Waals surface area contributed by atoms with Crippen LogP contribution in [0.2, 0.25) is 0 Å². The third kappa shape index (κ3) is 6.54. The van der Waals surface area contributed by atoms with E-state index in [1.807, 2.05) is 0 Å². The molecule has 0 amide bonds. The van der Waals surface area contributed by atoms with Crippen molar-refractivity contribution >= 4 is 37.6 Å². The molecule has 0 aliphatic heterocycles. The third-order valence-electron chi connectivity index (χ3n) is 9.26. The smallest absolute Gasteiger partial charge is 0.194 e. The van der Waals surface area contributed by atoms with Crippen LogP contribution in [-0.4, -0.2) is 5.78 Å². The van der Waals surface area contributed by atoms with Crippen LogP contribution < -0.4 is 0 Å². The molecule has 0 bridgehead atoms. The summed E-state index contributed by atoms with van der Waals surface area (Å²) >= 11 is 7.51. The van der Waals surface area contributed by atoms with Gasteiger partial charge in [0.25, 0.3) is 0 Å². The van der Waals surface area contributed by atoms with Gasteiger partial charge >= 0.3 is 0 Å². The van der Waals surface area contributed by atoms with Crippen LogP contribution in [0.1, 0.15) is 132 Å². The van der Waals surface area contributed by atoms with Gasteiger partial charge in [0.2, 0.25) is 0 Å². The molecule has 0 aromatic heterocycles. The molecule has 0 saturated carbocycles. The monoisotopic (exact) mass is 726 g/mol. The van der Waals surface area contributed by atoms with Crippen molar-refractivity contribution in [2.75, 3.05) is 0 Å². The molecule has 1 nitrogen and oxygen atoms in total. The predicted octanol–water partition coefficient (Wildman–Crippen LogP) is 12.9. The Morgan fingerprint density at radius 2 is 0.867 bits per heavy atom. The molecule has 0 fully saturated rings. The van der Waals surface area contributed by atoms with Crippen molar-refractivity contribution in [3.8, 4) is 22.3 Å². The fraction of sp³-hybridized carbons (Fsp3) is 0.405. The van der Waals surface area contributed by atoms with Crippen molar-refractivity contribution in [1.29, 1.82) is 0 Å². The number of benzene rings is 4. The molecule has 0 radical (unpaired) electrons.